The standard InChI is InChI=1S/C6H6.CH4.H4Si/c1-2-4-6-5-3-1;;/h1-6H;2*1H4. The van der Waals surface area contributed by atoms with Gasteiger partial charge in [-0.2, -0.15) is 0 Å². The summed E-state index contributed by atoms with van der Waals surface area (Å²) >= 11 is 0. The first-order chi connectivity index (χ1) is 3.00. The predicted octanol–water partition coefficient (Wildman–Crippen LogP) is 0.871. The summed E-state index contributed by atoms with van der Waals surface area (Å²) in [7, 11) is 0. The Morgan fingerprint density at radius 2 is 0.625 bits per heavy atom. The van der Waals surface area contributed by atoms with Crippen LogP contribution < -0.4 is 0 Å². The van der Waals surface area contributed by atoms with Gasteiger partial charge < -0.3 is 0 Å². The number of benzene rings is 1. The van der Waals surface area contributed by atoms with E-state index in [1.54, 1.807) is 0 Å². The fraction of sp³-hybridized carbons (Fsp3) is 0.143. The third-order valence-electron chi connectivity index (χ3n) is 0.667. The molecule has 0 bridgehead atoms. The average Bonchev–Trinajstić information content (AvgIpc) is 1.72. The Morgan fingerprint density at radius 1 is 0.500 bits per heavy atom. The Morgan fingerprint density at radius 3 is 0.750 bits per heavy atom. The van der Waals surface area contributed by atoms with Gasteiger partial charge in [-0.15, -0.1) is 0 Å². The van der Waals surface area contributed by atoms with Crippen LogP contribution in [0.3, 0.4) is 0 Å². The van der Waals surface area contributed by atoms with Gasteiger partial charge in [0.1, 0.15) is 0 Å². The molecule has 0 heterocycles. The van der Waals surface area contributed by atoms with Crippen LogP contribution in [0, 0.1) is 0 Å². The Balaban J connectivity index is 0. The molecule has 0 atom stereocenters. The van der Waals surface area contributed by atoms with Gasteiger partial charge in [0.2, 0.25) is 0 Å². The predicted molar refractivity (Wildman–Crippen MR) is 44.5 cm³/mol. The van der Waals surface area contributed by atoms with Gasteiger partial charge in [-0.25, -0.2) is 0 Å². The molecule has 8 heavy (non-hydrogen) atoms. The van der Waals surface area contributed by atoms with Crippen molar-refractivity contribution in [2.45, 2.75) is 7.43 Å². The average molecular weight is 126 g/mol. The lowest BCUT2D eigenvalue weighted by Crippen LogP contribution is -1.47. The van der Waals surface area contributed by atoms with E-state index in [1.807, 2.05) is 36.4 Å². The first kappa shape index (κ1) is 10.4. The van der Waals surface area contributed by atoms with Crippen molar-refractivity contribution >= 4 is 11.0 Å². The Labute approximate surface area is 55.6 Å². The second kappa shape index (κ2) is 6.44. The van der Waals surface area contributed by atoms with E-state index in [9.17, 15) is 0 Å². The summed E-state index contributed by atoms with van der Waals surface area (Å²) in [6.07, 6.45) is 0. The number of hydrogen-bond acceptors (Lipinski definition) is 0. The second-order valence-electron chi connectivity index (χ2n) is 1.15. The van der Waals surface area contributed by atoms with E-state index in [1.165, 1.54) is 0 Å². The highest BCUT2D eigenvalue weighted by atomic mass is 28.1. The topological polar surface area (TPSA) is 0 Å². The highest BCUT2D eigenvalue weighted by Crippen LogP contribution is 1.79. The molecule has 1 heteroatoms. The first-order valence-corrected chi connectivity index (χ1v) is 2.00. The molecule has 0 saturated carbocycles. The van der Waals surface area contributed by atoms with Crippen LogP contribution in [0.25, 0.3) is 0 Å². The molecular formula is C7H14Si. The minimum atomic E-state index is 0. The SMILES string of the molecule is C.[SiH4].c1ccccc1. The van der Waals surface area contributed by atoms with Crippen LogP contribution in [-0.4, -0.2) is 11.0 Å². The molecule has 0 aromatic heterocycles. The van der Waals surface area contributed by atoms with Crippen molar-refractivity contribution in [2.75, 3.05) is 0 Å². The lowest BCUT2D eigenvalue weighted by Gasteiger charge is -1.69. The van der Waals surface area contributed by atoms with Gasteiger partial charge in [0, 0.05) is 0 Å². The molecule has 0 saturated heterocycles. The zero-order valence-electron chi connectivity index (χ0n) is 3.46. The van der Waals surface area contributed by atoms with E-state index in [2.05, 4.69) is 0 Å². The molecule has 46 valence electrons. The maximum atomic E-state index is 2.00. The molecule has 0 aliphatic carbocycles. The van der Waals surface area contributed by atoms with Crippen molar-refractivity contribution in [3.63, 3.8) is 0 Å². The summed E-state index contributed by atoms with van der Waals surface area (Å²) in [5.41, 5.74) is 0. The molecule has 0 spiro atoms. The van der Waals surface area contributed by atoms with Crippen LogP contribution >= 0.6 is 0 Å². The lowest BCUT2D eigenvalue weighted by atomic mass is 10.4. The van der Waals surface area contributed by atoms with Crippen LogP contribution in [-0.2, 0) is 0 Å². The monoisotopic (exact) mass is 126 g/mol. The molecule has 0 nitrogen and oxygen atoms in total. The number of rotatable bonds is 0. The summed E-state index contributed by atoms with van der Waals surface area (Å²) in [6, 6.07) is 12.0. The minimum Gasteiger partial charge on any atom is -0.0776 e. The van der Waals surface area contributed by atoms with Gasteiger partial charge >= 0.3 is 0 Å². The van der Waals surface area contributed by atoms with E-state index >= 15 is 0 Å². The molecule has 0 fully saturated rings. The second-order valence-corrected chi connectivity index (χ2v) is 1.15. The van der Waals surface area contributed by atoms with E-state index in [4.69, 9.17) is 0 Å². The van der Waals surface area contributed by atoms with E-state index in [0.29, 0.717) is 0 Å². The van der Waals surface area contributed by atoms with Crippen LogP contribution in [0.5, 0.6) is 0 Å². The summed E-state index contributed by atoms with van der Waals surface area (Å²) < 4.78 is 0. The summed E-state index contributed by atoms with van der Waals surface area (Å²) in [5, 5.41) is 0. The molecule has 0 aliphatic rings. The van der Waals surface area contributed by atoms with Crippen molar-refractivity contribution in [3.8, 4) is 0 Å². The lowest BCUT2D eigenvalue weighted by molar-refractivity contribution is 1.72. The largest absolute Gasteiger partial charge is 0.0776 e. The van der Waals surface area contributed by atoms with E-state index in [0.717, 1.165) is 0 Å². The van der Waals surface area contributed by atoms with Crippen LogP contribution in [0.15, 0.2) is 36.4 Å². The summed E-state index contributed by atoms with van der Waals surface area (Å²) in [6.45, 7) is 0. The highest BCUT2D eigenvalue weighted by molar-refractivity contribution is 5.75. The van der Waals surface area contributed by atoms with Crippen LogP contribution in [0.4, 0.5) is 0 Å². The first-order valence-electron chi connectivity index (χ1n) is 2.00. The molecule has 0 amide bonds. The van der Waals surface area contributed by atoms with Crippen molar-refractivity contribution in [1.29, 1.82) is 0 Å². The van der Waals surface area contributed by atoms with Gasteiger partial charge in [-0.3, -0.25) is 0 Å². The third kappa shape index (κ3) is 3.62. The van der Waals surface area contributed by atoms with Crippen molar-refractivity contribution < 1.29 is 0 Å². The molecule has 1 aromatic rings. The van der Waals surface area contributed by atoms with Crippen molar-refractivity contribution in [1.82, 2.24) is 0 Å². The minimum absolute atomic E-state index is 0. The number of hydrogen-bond donors (Lipinski definition) is 0. The zero-order valence-corrected chi connectivity index (χ0v) is 3.46. The highest BCUT2D eigenvalue weighted by Gasteiger charge is 1.57. The van der Waals surface area contributed by atoms with E-state index < -0.39 is 0 Å². The van der Waals surface area contributed by atoms with Crippen LogP contribution in [0.2, 0.25) is 0 Å². The van der Waals surface area contributed by atoms with Gasteiger partial charge in [-0.1, -0.05) is 43.8 Å². The Hall–Kier alpha value is -0.563. The summed E-state index contributed by atoms with van der Waals surface area (Å²) in [4.78, 5) is 0. The normalized spacial score (nSPS) is 6.00. The molecule has 0 aliphatic heterocycles. The Bertz CT molecular complexity index is 76.3. The van der Waals surface area contributed by atoms with Gasteiger partial charge in [0.15, 0.2) is 0 Å². The molecule has 1 aromatic carbocycles. The van der Waals surface area contributed by atoms with Gasteiger partial charge in [-0.05, 0) is 11.0 Å². The molecule has 0 N–H and O–H groups in total. The quantitative estimate of drug-likeness (QED) is 0.453. The van der Waals surface area contributed by atoms with E-state index in [-0.39, 0.29) is 18.4 Å². The molecule has 0 radical (unpaired) electrons. The maximum absolute atomic E-state index is 2.00. The van der Waals surface area contributed by atoms with Gasteiger partial charge in [0.25, 0.3) is 0 Å². The fourth-order valence-corrected chi connectivity index (χ4v) is 0.385. The third-order valence-corrected chi connectivity index (χ3v) is 0.667. The maximum Gasteiger partial charge on any atom is -0.0149 e. The van der Waals surface area contributed by atoms with Gasteiger partial charge in [0.05, 0.1) is 0 Å². The molecule has 0 unspecified atom stereocenters. The molecule has 1 rings (SSSR count). The van der Waals surface area contributed by atoms with Crippen molar-refractivity contribution in [2.24, 2.45) is 0 Å². The van der Waals surface area contributed by atoms with Crippen molar-refractivity contribution in [3.05, 3.63) is 36.4 Å². The zero-order chi connectivity index (χ0) is 4.24. The van der Waals surface area contributed by atoms with Crippen LogP contribution in [0.1, 0.15) is 7.43 Å². The molecular weight excluding hydrogens is 112 g/mol. The Kier molecular flexibility index (Phi) is 8.39. The summed E-state index contributed by atoms with van der Waals surface area (Å²) in [5.74, 6) is 0. The smallest absolute Gasteiger partial charge is 0.0149 e. The fourth-order valence-electron chi connectivity index (χ4n) is 0.385.